The molecule has 0 radical (unpaired) electrons. The Labute approximate surface area is 331 Å². The van der Waals surface area contributed by atoms with Gasteiger partial charge >= 0.3 is 0 Å². The zero-order chi connectivity index (χ0) is 37.3. The summed E-state index contributed by atoms with van der Waals surface area (Å²) in [6.45, 7) is 2.80. The Morgan fingerprint density at radius 1 is 0.554 bits per heavy atom. The van der Waals surface area contributed by atoms with Crippen molar-refractivity contribution in [2.75, 3.05) is 0 Å². The van der Waals surface area contributed by atoms with Crippen LogP contribution < -0.4 is 5.73 Å². The molecule has 4 bridgehead atoms. The SMILES string of the molecule is N#Cc1ccc(-c2ccc3c(c2)nc2n3CC3CCC(C2)N3C2CCC2)cc1.NCc1ccc(-c2ccc3c(c2)nc2n3CC3CCC(C2)N3C2CCC2)cc1.[HH]. The molecule has 4 fully saturated rings. The number of fused-ring (bicyclic) bond motifs is 10. The molecule has 8 nitrogen and oxygen atoms in total. The number of benzene rings is 4. The average molecular weight is 743 g/mol. The molecule has 2 aromatic heterocycles. The molecule has 4 aromatic carbocycles. The van der Waals surface area contributed by atoms with Crippen molar-refractivity contribution in [2.45, 2.75) is 133 Å². The summed E-state index contributed by atoms with van der Waals surface area (Å²) in [5.74, 6) is 2.56. The second-order valence-corrected chi connectivity index (χ2v) is 17.5. The van der Waals surface area contributed by atoms with Gasteiger partial charge in [0.2, 0.25) is 0 Å². The normalized spacial score (nSPS) is 24.7. The first-order valence-corrected chi connectivity index (χ1v) is 21.4. The highest BCUT2D eigenvalue weighted by atomic mass is 15.3. The molecule has 0 amide bonds. The van der Waals surface area contributed by atoms with Crippen LogP contribution in [-0.2, 0) is 32.5 Å². The summed E-state index contributed by atoms with van der Waals surface area (Å²) in [4.78, 5) is 15.9. The maximum Gasteiger partial charge on any atom is 0.111 e. The van der Waals surface area contributed by atoms with E-state index in [0.29, 0.717) is 36.3 Å². The first-order valence-electron chi connectivity index (χ1n) is 21.4. The van der Waals surface area contributed by atoms with E-state index in [-0.39, 0.29) is 1.43 Å². The Bertz CT molecular complexity index is 2450. The van der Waals surface area contributed by atoms with E-state index in [4.69, 9.17) is 21.0 Å². The topological polar surface area (TPSA) is 91.9 Å². The Kier molecular flexibility index (Phi) is 8.60. The largest absolute Gasteiger partial charge is 0.326 e. The molecule has 6 aliphatic rings. The molecule has 4 unspecified atom stereocenters. The highest BCUT2D eigenvalue weighted by Gasteiger charge is 2.44. The predicted octanol–water partition coefficient (Wildman–Crippen LogP) is 8.87. The van der Waals surface area contributed by atoms with Gasteiger partial charge in [0.15, 0.2) is 0 Å². The number of aromatic nitrogens is 4. The lowest BCUT2D eigenvalue weighted by Crippen LogP contribution is -2.48. The van der Waals surface area contributed by atoms with Crippen LogP contribution in [0.2, 0.25) is 0 Å². The molecule has 2 aliphatic carbocycles. The molecule has 56 heavy (non-hydrogen) atoms. The number of nitrogens with zero attached hydrogens (tertiary/aromatic N) is 7. The summed E-state index contributed by atoms with van der Waals surface area (Å²) < 4.78 is 5.01. The Morgan fingerprint density at radius 3 is 1.43 bits per heavy atom. The fraction of sp³-hybridized carbons (Fsp3) is 0.438. The molecule has 0 spiro atoms. The summed E-state index contributed by atoms with van der Waals surface area (Å²) in [5.41, 5.74) is 17.2. The van der Waals surface area contributed by atoms with Gasteiger partial charge in [-0.3, -0.25) is 9.80 Å². The standard InChI is InChI=1S/C24H28N4.C24H24N4.H2/c2*25-14-16-4-6-17(7-5-16)18-8-11-23-22(12-18)26-24-13-20-9-10-21(15-27(23)24)28(20)19-2-1-3-19;/h4-8,11-12,19-21H,1-3,9-10,13-15,25H2;4-8,11-12,19-21H,1-3,9-10,13,15H2;1H. The summed E-state index contributed by atoms with van der Waals surface area (Å²) in [5, 5.41) is 9.01. The van der Waals surface area contributed by atoms with Crippen molar-refractivity contribution in [1.82, 2.24) is 28.9 Å². The first-order chi connectivity index (χ1) is 27.6. The molecule has 12 rings (SSSR count). The van der Waals surface area contributed by atoms with E-state index in [9.17, 15) is 0 Å². The quantitative estimate of drug-likeness (QED) is 0.190. The summed E-state index contributed by atoms with van der Waals surface area (Å²) >= 11 is 0. The molecule has 4 atom stereocenters. The van der Waals surface area contributed by atoms with Crippen LogP contribution in [0.3, 0.4) is 0 Å². The van der Waals surface area contributed by atoms with Gasteiger partial charge in [-0.1, -0.05) is 61.4 Å². The van der Waals surface area contributed by atoms with Crippen molar-refractivity contribution in [2.24, 2.45) is 5.73 Å². The van der Waals surface area contributed by atoms with E-state index in [0.717, 1.165) is 54.6 Å². The van der Waals surface area contributed by atoms with Crippen molar-refractivity contribution >= 4 is 22.1 Å². The van der Waals surface area contributed by atoms with Crippen molar-refractivity contribution < 1.29 is 1.43 Å². The zero-order valence-corrected chi connectivity index (χ0v) is 32.4. The molecular formula is C48H54N8. The third-order valence-corrected chi connectivity index (χ3v) is 14.5. The van der Waals surface area contributed by atoms with Gasteiger partial charge in [-0.2, -0.15) is 5.26 Å². The molecule has 6 aromatic rings. The van der Waals surface area contributed by atoms with E-state index < -0.39 is 0 Å². The van der Waals surface area contributed by atoms with Gasteiger partial charge in [0.05, 0.1) is 33.7 Å². The fourth-order valence-corrected chi connectivity index (χ4v) is 11.2. The van der Waals surface area contributed by atoms with E-state index in [1.807, 2.05) is 24.3 Å². The minimum atomic E-state index is 0. The highest BCUT2D eigenvalue weighted by molar-refractivity contribution is 5.84. The van der Waals surface area contributed by atoms with Crippen LogP contribution in [0.5, 0.6) is 0 Å². The fourth-order valence-electron chi connectivity index (χ4n) is 11.2. The van der Waals surface area contributed by atoms with Gasteiger partial charge < -0.3 is 14.9 Å². The summed E-state index contributed by atoms with van der Waals surface area (Å²) in [6, 6.07) is 36.5. The maximum absolute atomic E-state index is 9.01. The molecular weight excluding hydrogens is 689 g/mol. The van der Waals surface area contributed by atoms with E-state index in [1.165, 1.54) is 109 Å². The minimum Gasteiger partial charge on any atom is -0.326 e. The van der Waals surface area contributed by atoms with Gasteiger partial charge in [0.1, 0.15) is 11.6 Å². The number of imidazole rings is 2. The lowest BCUT2D eigenvalue weighted by Gasteiger charge is -2.41. The van der Waals surface area contributed by atoms with Gasteiger partial charge in [-0.15, -0.1) is 0 Å². The van der Waals surface area contributed by atoms with Gasteiger partial charge in [0.25, 0.3) is 0 Å². The molecule has 286 valence electrons. The van der Waals surface area contributed by atoms with Gasteiger partial charge in [0, 0.05) is 70.2 Å². The number of nitriles is 1. The second-order valence-electron chi connectivity index (χ2n) is 17.5. The van der Waals surface area contributed by atoms with Crippen LogP contribution in [0.25, 0.3) is 44.3 Å². The maximum atomic E-state index is 9.01. The van der Waals surface area contributed by atoms with Crippen LogP contribution in [0.1, 0.15) is 88.4 Å². The second kappa shape index (κ2) is 14.0. The van der Waals surface area contributed by atoms with Crippen molar-refractivity contribution in [3.8, 4) is 28.3 Å². The molecule has 8 heteroatoms. The van der Waals surface area contributed by atoms with E-state index in [1.54, 1.807) is 0 Å². The molecule has 4 aliphatic heterocycles. The molecule has 2 saturated heterocycles. The number of hydrogen-bond acceptors (Lipinski definition) is 6. The predicted molar refractivity (Wildman–Crippen MR) is 225 cm³/mol. The van der Waals surface area contributed by atoms with Crippen molar-refractivity contribution in [3.63, 3.8) is 0 Å². The first kappa shape index (κ1) is 34.4. The van der Waals surface area contributed by atoms with Crippen molar-refractivity contribution in [1.29, 1.82) is 5.26 Å². The smallest absolute Gasteiger partial charge is 0.111 e. The monoisotopic (exact) mass is 742 g/mol. The third-order valence-electron chi connectivity index (χ3n) is 14.5. The Balaban J connectivity index is 0.000000137. The molecule has 2 saturated carbocycles. The lowest BCUT2D eigenvalue weighted by molar-refractivity contribution is 0.0739. The van der Waals surface area contributed by atoms with Crippen molar-refractivity contribution in [3.05, 3.63) is 108 Å². The van der Waals surface area contributed by atoms with E-state index in [2.05, 4.69) is 85.7 Å². The van der Waals surface area contributed by atoms with Crippen LogP contribution in [0.15, 0.2) is 84.9 Å². The van der Waals surface area contributed by atoms with E-state index >= 15 is 0 Å². The zero-order valence-electron chi connectivity index (χ0n) is 32.4. The minimum absolute atomic E-state index is 0. The summed E-state index contributed by atoms with van der Waals surface area (Å²) in [7, 11) is 0. The molecule has 6 heterocycles. The van der Waals surface area contributed by atoms with Crippen LogP contribution in [0.4, 0.5) is 0 Å². The van der Waals surface area contributed by atoms with Crippen LogP contribution in [-0.4, -0.2) is 65.2 Å². The summed E-state index contributed by atoms with van der Waals surface area (Å²) in [6.07, 6.45) is 16.0. The number of rotatable bonds is 5. The Hall–Kier alpha value is -4.81. The van der Waals surface area contributed by atoms with Gasteiger partial charge in [-0.05, 0) is 116 Å². The number of hydrogen-bond donors (Lipinski definition) is 1. The lowest BCUT2D eigenvalue weighted by atomic mass is 9.90. The average Bonchev–Trinajstić information content (AvgIpc) is 3.89. The van der Waals surface area contributed by atoms with Crippen LogP contribution in [0, 0.1) is 11.3 Å². The van der Waals surface area contributed by atoms with Crippen LogP contribution >= 0.6 is 0 Å². The number of nitrogens with two attached hydrogens (primary N) is 1. The third kappa shape index (κ3) is 5.90. The Morgan fingerprint density at radius 2 is 1.00 bits per heavy atom. The molecule has 2 N–H and O–H groups in total. The highest BCUT2D eigenvalue weighted by Crippen LogP contribution is 2.41. The van der Waals surface area contributed by atoms with Gasteiger partial charge in [-0.25, -0.2) is 9.97 Å².